The number of nitrogens with zero attached hydrogens (tertiary/aromatic N) is 1. The highest BCUT2D eigenvalue weighted by Crippen LogP contribution is 2.68. The molecule has 11 rings (SSSR count). The van der Waals surface area contributed by atoms with Gasteiger partial charge in [-0.15, -0.1) is 0 Å². The van der Waals surface area contributed by atoms with Gasteiger partial charge in [0.05, 0.1) is 50.6 Å². The molecule has 1 saturated heterocycles. The Morgan fingerprint density at radius 2 is 0.918 bits per heavy atom. The van der Waals surface area contributed by atoms with Crippen LogP contribution in [0.1, 0.15) is 74.8 Å². The number of benzene rings is 5. The summed E-state index contributed by atoms with van der Waals surface area (Å²) in [5.74, 6) is -6.69. The molecule has 0 radical (unpaired) electrons. The molecular weight excluding hydrogens is 622 g/mol. The SMILES string of the molecule is O=C1OC(=O)c2cc3c(cc21)C1(c2ccccc2)c2cc4c(c(c2)C3(c2ccccc2)C2C(=O)N(c3ccccc3)C(=O)C21)C(=O)OC4=O. The van der Waals surface area contributed by atoms with Crippen molar-refractivity contribution in [2.75, 3.05) is 4.90 Å². The second kappa shape index (κ2) is 9.11. The number of amides is 2. The van der Waals surface area contributed by atoms with Crippen molar-refractivity contribution < 1.29 is 38.2 Å². The number of carbonyl (C=O) groups is 6. The normalized spacial score (nSPS) is 25.4. The van der Waals surface area contributed by atoms with Crippen molar-refractivity contribution in [1.82, 2.24) is 0 Å². The Hall–Kier alpha value is -6.48. The molecule has 0 N–H and O–H groups in total. The molecule has 4 atom stereocenters. The number of cyclic esters (lactones) is 4. The molecule has 6 aliphatic rings. The predicted octanol–water partition coefficient (Wildman–Crippen LogP) is 5.11. The average Bonchev–Trinajstić information content (AvgIpc) is 3.64. The lowest BCUT2D eigenvalue weighted by atomic mass is 9.47. The van der Waals surface area contributed by atoms with Gasteiger partial charge in [0.1, 0.15) is 0 Å². The van der Waals surface area contributed by atoms with Gasteiger partial charge < -0.3 is 9.47 Å². The van der Waals surface area contributed by atoms with Crippen LogP contribution >= 0.6 is 0 Å². The highest BCUT2D eigenvalue weighted by atomic mass is 16.6. The summed E-state index contributed by atoms with van der Waals surface area (Å²) >= 11 is 0. The van der Waals surface area contributed by atoms with Gasteiger partial charge in [-0.05, 0) is 63.7 Å². The van der Waals surface area contributed by atoms with Gasteiger partial charge in [-0.3, -0.25) is 9.59 Å². The van der Waals surface area contributed by atoms with Crippen molar-refractivity contribution in [2.45, 2.75) is 10.8 Å². The summed E-state index contributed by atoms with van der Waals surface area (Å²) in [6.07, 6.45) is 0. The second-order valence-electron chi connectivity index (χ2n) is 12.9. The van der Waals surface area contributed by atoms with E-state index in [-0.39, 0.29) is 22.3 Å². The molecule has 9 nitrogen and oxygen atoms in total. The Morgan fingerprint density at radius 3 is 1.51 bits per heavy atom. The van der Waals surface area contributed by atoms with Crippen LogP contribution in [-0.2, 0) is 29.9 Å². The van der Waals surface area contributed by atoms with Gasteiger partial charge in [0.2, 0.25) is 11.8 Å². The Bertz CT molecular complexity index is 2420. The molecule has 0 saturated carbocycles. The van der Waals surface area contributed by atoms with Crippen molar-refractivity contribution in [1.29, 1.82) is 0 Å². The van der Waals surface area contributed by atoms with Crippen LogP contribution in [0.25, 0.3) is 0 Å². The average molecular weight is 644 g/mol. The number of hydrogen-bond acceptors (Lipinski definition) is 8. The first-order chi connectivity index (χ1) is 23.8. The van der Waals surface area contributed by atoms with Gasteiger partial charge in [-0.2, -0.15) is 0 Å². The summed E-state index contributed by atoms with van der Waals surface area (Å²) in [5.41, 5.74) is 0.212. The maximum absolute atomic E-state index is 15.3. The zero-order chi connectivity index (χ0) is 33.4. The van der Waals surface area contributed by atoms with E-state index in [2.05, 4.69) is 0 Å². The van der Waals surface area contributed by atoms with E-state index in [1.54, 1.807) is 66.7 Å². The van der Waals surface area contributed by atoms with E-state index in [0.717, 1.165) is 0 Å². The number of esters is 4. The molecule has 49 heavy (non-hydrogen) atoms. The summed E-state index contributed by atoms with van der Waals surface area (Å²) in [5, 5.41) is 0. The minimum absolute atomic E-state index is 0.00598. The third kappa shape index (κ3) is 3.06. The molecule has 4 unspecified atom stereocenters. The summed E-state index contributed by atoms with van der Waals surface area (Å²) in [4.78, 5) is 85.3. The van der Waals surface area contributed by atoms with E-state index in [1.165, 1.54) is 4.90 Å². The fourth-order valence-electron chi connectivity index (χ4n) is 9.29. The first-order valence-corrected chi connectivity index (χ1v) is 15.7. The molecule has 3 heterocycles. The van der Waals surface area contributed by atoms with E-state index >= 15 is 9.59 Å². The number of anilines is 1. The first kappa shape index (κ1) is 27.6. The van der Waals surface area contributed by atoms with Crippen molar-refractivity contribution in [3.63, 3.8) is 0 Å². The molecule has 3 aliphatic carbocycles. The van der Waals surface area contributed by atoms with E-state index in [4.69, 9.17) is 9.47 Å². The zero-order valence-electron chi connectivity index (χ0n) is 25.3. The van der Waals surface area contributed by atoms with Crippen molar-refractivity contribution in [2.24, 2.45) is 11.8 Å². The number of rotatable bonds is 3. The van der Waals surface area contributed by atoms with Crippen LogP contribution in [0.4, 0.5) is 5.69 Å². The van der Waals surface area contributed by atoms with Gasteiger partial charge in [0, 0.05) is 0 Å². The first-order valence-electron chi connectivity index (χ1n) is 15.7. The molecule has 3 aliphatic heterocycles. The fourth-order valence-corrected chi connectivity index (χ4v) is 9.29. The van der Waals surface area contributed by atoms with Crippen LogP contribution in [0.3, 0.4) is 0 Å². The highest BCUT2D eigenvalue weighted by molar-refractivity contribution is 6.25. The monoisotopic (exact) mass is 643 g/mol. The van der Waals surface area contributed by atoms with Gasteiger partial charge in [0.15, 0.2) is 0 Å². The smallest absolute Gasteiger partial charge is 0.347 e. The van der Waals surface area contributed by atoms with E-state index < -0.39 is 58.4 Å². The Balaban J connectivity index is 1.48. The Labute approximate surface area is 277 Å². The number of para-hydroxylation sites is 1. The predicted molar refractivity (Wildman–Crippen MR) is 171 cm³/mol. The minimum Gasteiger partial charge on any atom is -0.386 e. The molecule has 1 fully saturated rings. The van der Waals surface area contributed by atoms with Crippen molar-refractivity contribution in [3.8, 4) is 0 Å². The molecule has 0 aromatic heterocycles. The van der Waals surface area contributed by atoms with Crippen LogP contribution < -0.4 is 4.90 Å². The second-order valence-corrected chi connectivity index (χ2v) is 12.9. The van der Waals surface area contributed by atoms with Gasteiger partial charge in [-0.1, -0.05) is 84.9 Å². The zero-order valence-corrected chi connectivity index (χ0v) is 25.3. The molecular formula is C40H21NO8. The number of carbonyl (C=O) groups excluding carboxylic acids is 6. The Kier molecular flexibility index (Phi) is 5.13. The third-order valence-electron chi connectivity index (χ3n) is 11.0. The molecule has 0 spiro atoms. The van der Waals surface area contributed by atoms with Crippen molar-refractivity contribution in [3.05, 3.63) is 171 Å². The summed E-state index contributed by atoms with van der Waals surface area (Å²) in [6.45, 7) is 0. The number of hydrogen-bond donors (Lipinski definition) is 0. The van der Waals surface area contributed by atoms with Crippen LogP contribution in [-0.4, -0.2) is 35.7 Å². The number of ether oxygens (including phenoxy) is 2. The highest BCUT2D eigenvalue weighted by Gasteiger charge is 2.73. The Morgan fingerprint density at radius 1 is 0.449 bits per heavy atom. The standard InChI is InChI=1S/C40H21NO8/c42-33-31-32(34(43)41(33)23-14-8-3-9-15-23)40(21-12-6-2-7-13-21)28-19-25-24(35(44)48-36(25)45)18-27(28)39(31,20-10-4-1-5-11-20)22-16-26-30(29(40)17-22)38(47)49-37(26)46/h1-19,31-32H. The molecule has 5 aromatic carbocycles. The van der Waals surface area contributed by atoms with Gasteiger partial charge >= 0.3 is 23.9 Å². The summed E-state index contributed by atoms with van der Waals surface area (Å²) in [6, 6.07) is 33.4. The van der Waals surface area contributed by atoms with Gasteiger partial charge in [-0.25, -0.2) is 24.1 Å². The molecule has 5 aromatic rings. The van der Waals surface area contributed by atoms with Gasteiger partial charge in [0.25, 0.3) is 0 Å². The van der Waals surface area contributed by atoms with Crippen LogP contribution in [0, 0.1) is 11.8 Å². The van der Waals surface area contributed by atoms with Crippen LogP contribution in [0.15, 0.2) is 115 Å². The lowest BCUT2D eigenvalue weighted by molar-refractivity contribution is -0.123. The largest absolute Gasteiger partial charge is 0.386 e. The van der Waals surface area contributed by atoms with E-state index in [1.807, 2.05) is 48.5 Å². The molecule has 234 valence electrons. The maximum Gasteiger partial charge on any atom is 0.347 e. The number of imide groups is 1. The lowest BCUT2D eigenvalue weighted by Gasteiger charge is -2.52. The van der Waals surface area contributed by atoms with Crippen LogP contribution in [0.2, 0.25) is 0 Å². The van der Waals surface area contributed by atoms with Crippen molar-refractivity contribution >= 4 is 41.4 Å². The fraction of sp³-hybridized carbons (Fsp3) is 0.100. The minimum atomic E-state index is -1.61. The summed E-state index contributed by atoms with van der Waals surface area (Å²) < 4.78 is 10.3. The maximum atomic E-state index is 15.3. The molecule has 9 heteroatoms. The van der Waals surface area contributed by atoms with E-state index in [9.17, 15) is 19.2 Å². The van der Waals surface area contributed by atoms with E-state index in [0.29, 0.717) is 39.1 Å². The van der Waals surface area contributed by atoms with Crippen LogP contribution in [0.5, 0.6) is 0 Å². The third-order valence-corrected chi connectivity index (χ3v) is 11.0. The summed E-state index contributed by atoms with van der Waals surface area (Å²) in [7, 11) is 0. The molecule has 4 bridgehead atoms. The number of fused-ring (bicyclic) bond motifs is 2. The molecule has 2 amide bonds. The topological polar surface area (TPSA) is 124 Å². The quantitative estimate of drug-likeness (QED) is 0.151. The lowest BCUT2D eigenvalue weighted by Crippen LogP contribution is -2.55.